The smallest absolute Gasteiger partial charge is 0.160 e. The largest absolute Gasteiger partial charge is 0.233 e. The number of aliphatic imine (C=N–C) groups is 2. The number of hydrogen-bond donors (Lipinski definition) is 0. The summed E-state index contributed by atoms with van der Waals surface area (Å²) in [5, 5.41) is 0. The fourth-order valence-corrected chi connectivity index (χ4v) is 7.56. The maximum atomic E-state index is 5.14. The zero-order valence-corrected chi connectivity index (χ0v) is 32.5. The number of benzene rings is 6. The van der Waals surface area contributed by atoms with Gasteiger partial charge in [0.1, 0.15) is 0 Å². The van der Waals surface area contributed by atoms with Crippen LogP contribution >= 0.6 is 0 Å². The Labute approximate surface area is 337 Å². The summed E-state index contributed by atoms with van der Waals surface area (Å²) in [7, 11) is 0. The van der Waals surface area contributed by atoms with E-state index >= 15 is 0 Å². The number of rotatable bonds is 10. The van der Waals surface area contributed by atoms with E-state index in [-0.39, 0.29) is 0 Å². The van der Waals surface area contributed by atoms with Crippen molar-refractivity contribution in [3.05, 3.63) is 251 Å². The van der Waals surface area contributed by atoms with Gasteiger partial charge in [-0.1, -0.05) is 189 Å². The summed E-state index contributed by atoms with van der Waals surface area (Å²) >= 11 is 0. The zero-order valence-electron chi connectivity index (χ0n) is 32.5. The molecule has 0 N–H and O–H groups in total. The topological polar surface area (TPSA) is 24.7 Å². The van der Waals surface area contributed by atoms with Crippen LogP contribution in [0.1, 0.15) is 71.6 Å². The van der Waals surface area contributed by atoms with Crippen LogP contribution in [0, 0.1) is 0 Å². The van der Waals surface area contributed by atoms with E-state index in [1.165, 1.54) is 39.0 Å². The van der Waals surface area contributed by atoms with Crippen LogP contribution in [0.3, 0.4) is 0 Å². The van der Waals surface area contributed by atoms with Crippen molar-refractivity contribution in [2.45, 2.75) is 32.6 Å². The van der Waals surface area contributed by atoms with Gasteiger partial charge in [0.05, 0.1) is 5.70 Å². The van der Waals surface area contributed by atoms with Gasteiger partial charge in [0.25, 0.3) is 0 Å². The first kappa shape index (κ1) is 37.0. The lowest BCUT2D eigenvalue weighted by Gasteiger charge is -2.20. The van der Waals surface area contributed by atoms with Gasteiger partial charge in [-0.3, -0.25) is 0 Å². The number of nitrogens with zero attached hydrogens (tertiary/aromatic N) is 2. The molecular weight excluding hydrogens is 689 g/mol. The highest BCUT2D eigenvalue weighted by molar-refractivity contribution is 6.13. The minimum Gasteiger partial charge on any atom is -0.233 e. The lowest BCUT2D eigenvalue weighted by Crippen LogP contribution is -2.04. The molecule has 57 heavy (non-hydrogen) atoms. The molecule has 2 aliphatic rings. The highest BCUT2D eigenvalue weighted by Crippen LogP contribution is 2.40. The molecule has 0 radical (unpaired) electrons. The molecule has 0 aliphatic heterocycles. The van der Waals surface area contributed by atoms with Gasteiger partial charge < -0.3 is 0 Å². The Balaban J connectivity index is 1.17. The monoisotopic (exact) mass is 734 g/mol. The van der Waals surface area contributed by atoms with Crippen LogP contribution < -0.4 is 0 Å². The Kier molecular flexibility index (Phi) is 11.5. The van der Waals surface area contributed by atoms with E-state index in [0.29, 0.717) is 11.5 Å². The summed E-state index contributed by atoms with van der Waals surface area (Å²) in [5.41, 5.74) is 16.4. The summed E-state index contributed by atoms with van der Waals surface area (Å²) in [4.78, 5) is 10.3. The van der Waals surface area contributed by atoms with Gasteiger partial charge in [0, 0.05) is 16.8 Å². The predicted molar refractivity (Wildman–Crippen MR) is 244 cm³/mol. The van der Waals surface area contributed by atoms with Crippen LogP contribution in [0.2, 0.25) is 0 Å². The van der Waals surface area contributed by atoms with E-state index in [1.54, 1.807) is 0 Å². The minimum absolute atomic E-state index is 0.629. The molecule has 0 amide bonds. The van der Waals surface area contributed by atoms with Gasteiger partial charge >= 0.3 is 0 Å². The molecule has 8 rings (SSSR count). The second-order valence-corrected chi connectivity index (χ2v) is 14.4. The fourth-order valence-electron chi connectivity index (χ4n) is 7.56. The highest BCUT2D eigenvalue weighted by Gasteiger charge is 2.18. The van der Waals surface area contributed by atoms with Crippen molar-refractivity contribution in [1.29, 1.82) is 0 Å². The molecule has 0 atom stereocenters. The van der Waals surface area contributed by atoms with E-state index < -0.39 is 0 Å². The zero-order chi connectivity index (χ0) is 38.8. The van der Waals surface area contributed by atoms with Crippen molar-refractivity contribution in [3.8, 4) is 11.1 Å². The number of amidine groups is 1. The van der Waals surface area contributed by atoms with Crippen LogP contribution in [0.15, 0.2) is 222 Å². The molecule has 0 saturated carbocycles. The number of allylic oxidation sites excluding steroid dienone is 9. The highest BCUT2D eigenvalue weighted by atomic mass is 14.9. The molecule has 0 spiro atoms. The molecule has 0 fully saturated rings. The molecule has 276 valence electrons. The van der Waals surface area contributed by atoms with E-state index in [2.05, 4.69) is 196 Å². The first-order valence-electron chi connectivity index (χ1n) is 19.9. The molecule has 2 nitrogen and oxygen atoms in total. The molecule has 2 heteroatoms. The normalized spacial score (nSPS) is 14.8. The van der Waals surface area contributed by atoms with Crippen molar-refractivity contribution >= 4 is 34.0 Å². The van der Waals surface area contributed by atoms with Crippen molar-refractivity contribution in [3.63, 3.8) is 0 Å². The quantitative estimate of drug-likeness (QED) is 0.0761. The third-order valence-corrected chi connectivity index (χ3v) is 10.5. The fraction of sp³-hybridized carbons (Fsp3) is 0.0909. The van der Waals surface area contributed by atoms with Crippen LogP contribution in [0.5, 0.6) is 0 Å². The van der Waals surface area contributed by atoms with E-state index in [9.17, 15) is 0 Å². The molecule has 0 bridgehead atoms. The third kappa shape index (κ3) is 8.82. The minimum atomic E-state index is 0.629. The molecule has 6 aromatic carbocycles. The van der Waals surface area contributed by atoms with Crippen molar-refractivity contribution < 1.29 is 0 Å². The van der Waals surface area contributed by atoms with E-state index in [1.807, 2.05) is 18.2 Å². The lowest BCUT2D eigenvalue weighted by atomic mass is 9.83. The van der Waals surface area contributed by atoms with Crippen LogP contribution in [0.25, 0.3) is 33.5 Å². The molecule has 6 aromatic rings. The van der Waals surface area contributed by atoms with Crippen LogP contribution in [0.4, 0.5) is 0 Å². The Morgan fingerprint density at radius 2 is 0.947 bits per heavy atom. The van der Waals surface area contributed by atoms with Gasteiger partial charge in [0.2, 0.25) is 0 Å². The second kappa shape index (κ2) is 17.7. The lowest BCUT2D eigenvalue weighted by molar-refractivity contribution is 1.03. The van der Waals surface area contributed by atoms with Crippen molar-refractivity contribution in [2.75, 3.05) is 0 Å². The summed E-state index contributed by atoms with van der Waals surface area (Å²) in [5.74, 6) is 0.629. The standard InChI is InChI=1S/C55H46N2/c1-40(47-31-18-33-49(37-47)42-21-8-3-9-22-42)56-55(46-29-16-7-17-30-46)57-41(2)48-32-19-34-50(38-48)51-35-20-36-52(39-51)54(45-27-14-6-15-28-45)53(43-23-10-4-11-24-43)44-25-12-5-13-26-44/h4,6-8,10-12,14-39H,2-3,5,9,13H2,1H3/b54-53+,56-40+,57-55-. The molecular formula is C55H46N2. The Bertz CT molecular complexity index is 2610. The van der Waals surface area contributed by atoms with Crippen LogP contribution in [-0.2, 0) is 0 Å². The summed E-state index contributed by atoms with van der Waals surface area (Å²) in [6.07, 6.45) is 18.0. The average Bonchev–Trinajstić information content (AvgIpc) is 3.29. The van der Waals surface area contributed by atoms with Gasteiger partial charge in [-0.2, -0.15) is 0 Å². The van der Waals surface area contributed by atoms with Crippen LogP contribution in [-0.4, -0.2) is 11.5 Å². The van der Waals surface area contributed by atoms with Gasteiger partial charge in [-0.05, 0) is 112 Å². The SMILES string of the molecule is C=C(/N=C(\N=C(/C)c1cccc(C2=CCCC=C2)c1)c1ccccc1)c1cccc(-c2cccc(/C(=C(/C3=CCCC=C3)c3ccccc3)c3ccccc3)c2)c1. The predicted octanol–water partition coefficient (Wildman–Crippen LogP) is 14.2. The van der Waals surface area contributed by atoms with E-state index in [4.69, 9.17) is 9.98 Å². The second-order valence-electron chi connectivity index (χ2n) is 14.4. The van der Waals surface area contributed by atoms with E-state index in [0.717, 1.165) is 64.8 Å². The Morgan fingerprint density at radius 3 is 1.56 bits per heavy atom. The van der Waals surface area contributed by atoms with Gasteiger partial charge in [-0.15, -0.1) is 0 Å². The molecule has 0 aromatic heterocycles. The number of hydrogen-bond acceptors (Lipinski definition) is 1. The summed E-state index contributed by atoms with van der Waals surface area (Å²) in [6, 6.07) is 57.8. The molecule has 2 aliphatic carbocycles. The van der Waals surface area contributed by atoms with Gasteiger partial charge in [0.15, 0.2) is 5.84 Å². The molecule has 0 saturated heterocycles. The van der Waals surface area contributed by atoms with Crippen molar-refractivity contribution in [1.82, 2.24) is 0 Å². The molecule has 0 unspecified atom stereocenters. The van der Waals surface area contributed by atoms with Gasteiger partial charge in [-0.25, -0.2) is 9.98 Å². The maximum Gasteiger partial charge on any atom is 0.160 e. The maximum absolute atomic E-state index is 5.14. The summed E-state index contributed by atoms with van der Waals surface area (Å²) < 4.78 is 0. The molecule has 0 heterocycles. The average molecular weight is 735 g/mol. The summed E-state index contributed by atoms with van der Waals surface area (Å²) in [6.45, 7) is 6.54. The Morgan fingerprint density at radius 1 is 0.439 bits per heavy atom. The first-order chi connectivity index (χ1) is 28.1. The van der Waals surface area contributed by atoms with Crippen molar-refractivity contribution in [2.24, 2.45) is 9.98 Å². The first-order valence-corrected chi connectivity index (χ1v) is 19.9. The Hall–Kier alpha value is -6.90. The third-order valence-electron chi connectivity index (χ3n) is 10.5.